The van der Waals surface area contributed by atoms with E-state index in [2.05, 4.69) is 24.1 Å². The molecular weight excluding hydrogens is 274 g/mol. The van der Waals surface area contributed by atoms with E-state index in [4.69, 9.17) is 0 Å². The summed E-state index contributed by atoms with van der Waals surface area (Å²) < 4.78 is 0. The van der Waals surface area contributed by atoms with Gasteiger partial charge in [0.1, 0.15) is 12.1 Å². The number of amides is 2. The van der Waals surface area contributed by atoms with Crippen LogP contribution >= 0.6 is 11.3 Å². The molecule has 0 aliphatic carbocycles. The molecule has 0 aromatic carbocycles. The number of thiazole rings is 1. The quantitative estimate of drug-likeness (QED) is 0.894. The smallest absolute Gasteiger partial charge is 0.245 e. The lowest BCUT2D eigenvalue weighted by atomic mass is 9.99. The number of hydrogen-bond acceptors (Lipinski definition) is 4. The molecule has 2 heterocycles. The molecule has 5 nitrogen and oxygen atoms in total. The SMILES string of the molecule is CC(C)CC1NC(=O)C(C)N(CCc2cscn2)C1=O. The highest BCUT2D eigenvalue weighted by molar-refractivity contribution is 7.07. The Bertz CT molecular complexity index is 473. The Kier molecular flexibility index (Phi) is 4.75. The van der Waals surface area contributed by atoms with E-state index in [1.165, 1.54) is 0 Å². The third kappa shape index (κ3) is 3.36. The first-order valence-corrected chi connectivity index (χ1v) is 7.91. The molecule has 2 atom stereocenters. The van der Waals surface area contributed by atoms with Gasteiger partial charge in [0.2, 0.25) is 11.8 Å². The fourth-order valence-electron chi connectivity index (χ4n) is 2.42. The lowest BCUT2D eigenvalue weighted by molar-refractivity contribution is -0.149. The van der Waals surface area contributed by atoms with Crippen LogP contribution in [-0.4, -0.2) is 40.3 Å². The summed E-state index contributed by atoms with van der Waals surface area (Å²) in [5.41, 5.74) is 2.76. The van der Waals surface area contributed by atoms with Crippen molar-refractivity contribution in [1.29, 1.82) is 0 Å². The Morgan fingerprint density at radius 1 is 1.45 bits per heavy atom. The highest BCUT2D eigenvalue weighted by Gasteiger charge is 2.37. The lowest BCUT2D eigenvalue weighted by Crippen LogP contribution is -2.62. The zero-order valence-corrected chi connectivity index (χ0v) is 12.9. The molecule has 1 saturated heterocycles. The average molecular weight is 295 g/mol. The molecule has 0 spiro atoms. The predicted molar refractivity (Wildman–Crippen MR) is 78.4 cm³/mol. The maximum absolute atomic E-state index is 12.5. The Hall–Kier alpha value is -1.43. The van der Waals surface area contributed by atoms with E-state index < -0.39 is 6.04 Å². The predicted octanol–water partition coefficient (Wildman–Crippen LogP) is 1.45. The number of carbonyl (C=O) groups excluding carboxylic acids is 2. The van der Waals surface area contributed by atoms with Gasteiger partial charge in [-0.25, -0.2) is 4.98 Å². The van der Waals surface area contributed by atoms with Crippen molar-refractivity contribution in [2.24, 2.45) is 5.92 Å². The first-order chi connectivity index (χ1) is 9.49. The summed E-state index contributed by atoms with van der Waals surface area (Å²) in [5.74, 6) is 0.340. The summed E-state index contributed by atoms with van der Waals surface area (Å²) >= 11 is 1.54. The highest BCUT2D eigenvalue weighted by Crippen LogP contribution is 2.16. The zero-order chi connectivity index (χ0) is 14.7. The van der Waals surface area contributed by atoms with Crippen LogP contribution in [0.15, 0.2) is 10.9 Å². The summed E-state index contributed by atoms with van der Waals surface area (Å²) in [5, 5.41) is 4.80. The van der Waals surface area contributed by atoms with Crippen LogP contribution in [-0.2, 0) is 16.0 Å². The standard InChI is InChI=1S/C14H21N3O2S/c1-9(2)6-12-14(19)17(10(3)13(18)16-12)5-4-11-7-20-8-15-11/h7-10,12H,4-6H2,1-3H3,(H,16,18). The van der Waals surface area contributed by atoms with E-state index in [9.17, 15) is 9.59 Å². The van der Waals surface area contributed by atoms with Gasteiger partial charge in [0, 0.05) is 18.3 Å². The minimum Gasteiger partial charge on any atom is -0.343 e. The van der Waals surface area contributed by atoms with Gasteiger partial charge in [-0.2, -0.15) is 0 Å². The van der Waals surface area contributed by atoms with Crippen molar-refractivity contribution in [2.45, 2.75) is 45.7 Å². The van der Waals surface area contributed by atoms with Crippen LogP contribution in [0, 0.1) is 5.92 Å². The summed E-state index contributed by atoms with van der Waals surface area (Å²) in [6.45, 7) is 6.43. The van der Waals surface area contributed by atoms with Crippen LogP contribution in [0.5, 0.6) is 0 Å². The van der Waals surface area contributed by atoms with Crippen molar-refractivity contribution in [2.75, 3.05) is 6.54 Å². The number of aromatic nitrogens is 1. The van der Waals surface area contributed by atoms with Crippen molar-refractivity contribution in [3.8, 4) is 0 Å². The third-order valence-electron chi connectivity index (χ3n) is 3.54. The molecule has 2 unspecified atom stereocenters. The average Bonchev–Trinajstić information content (AvgIpc) is 2.88. The monoisotopic (exact) mass is 295 g/mol. The number of nitrogens with zero attached hydrogens (tertiary/aromatic N) is 2. The van der Waals surface area contributed by atoms with Gasteiger partial charge in [-0.15, -0.1) is 11.3 Å². The first kappa shape index (κ1) is 15.0. The van der Waals surface area contributed by atoms with Crippen molar-refractivity contribution in [3.05, 3.63) is 16.6 Å². The molecule has 110 valence electrons. The molecule has 1 fully saturated rings. The fraction of sp³-hybridized carbons (Fsp3) is 0.643. The van der Waals surface area contributed by atoms with Gasteiger partial charge in [0.05, 0.1) is 11.2 Å². The van der Waals surface area contributed by atoms with Crippen molar-refractivity contribution in [3.63, 3.8) is 0 Å². The maximum Gasteiger partial charge on any atom is 0.245 e. The van der Waals surface area contributed by atoms with Gasteiger partial charge in [0.25, 0.3) is 0 Å². The molecule has 20 heavy (non-hydrogen) atoms. The highest BCUT2D eigenvalue weighted by atomic mass is 32.1. The van der Waals surface area contributed by atoms with Crippen LogP contribution in [0.4, 0.5) is 0 Å². The largest absolute Gasteiger partial charge is 0.343 e. The van der Waals surface area contributed by atoms with Gasteiger partial charge in [0.15, 0.2) is 0 Å². The van der Waals surface area contributed by atoms with Gasteiger partial charge in [-0.3, -0.25) is 9.59 Å². The Morgan fingerprint density at radius 3 is 2.80 bits per heavy atom. The van der Waals surface area contributed by atoms with E-state index in [0.717, 1.165) is 5.69 Å². The van der Waals surface area contributed by atoms with E-state index >= 15 is 0 Å². The number of piperazine rings is 1. The molecule has 2 amide bonds. The molecule has 0 saturated carbocycles. The summed E-state index contributed by atoms with van der Waals surface area (Å²) in [7, 11) is 0. The number of rotatable bonds is 5. The minimum atomic E-state index is -0.399. The van der Waals surface area contributed by atoms with Gasteiger partial charge in [-0.1, -0.05) is 13.8 Å². The minimum absolute atomic E-state index is 0.0287. The molecule has 1 aromatic heterocycles. The zero-order valence-electron chi connectivity index (χ0n) is 12.1. The molecule has 2 rings (SSSR count). The molecule has 1 aliphatic heterocycles. The van der Waals surface area contributed by atoms with Crippen LogP contribution in [0.2, 0.25) is 0 Å². The summed E-state index contributed by atoms with van der Waals surface area (Å²) in [6, 6.07) is -0.779. The van der Waals surface area contributed by atoms with Crippen molar-refractivity contribution in [1.82, 2.24) is 15.2 Å². The molecule has 6 heteroatoms. The second kappa shape index (κ2) is 6.35. The third-order valence-corrected chi connectivity index (χ3v) is 4.18. The van der Waals surface area contributed by atoms with Crippen LogP contribution in [0.25, 0.3) is 0 Å². The molecular formula is C14H21N3O2S. The Labute approximate surface area is 123 Å². The van der Waals surface area contributed by atoms with Crippen LogP contribution in [0.3, 0.4) is 0 Å². The molecule has 0 bridgehead atoms. The number of nitrogens with one attached hydrogen (secondary N) is 1. The molecule has 1 N–H and O–H groups in total. The van der Waals surface area contributed by atoms with E-state index in [1.807, 2.05) is 5.38 Å². The van der Waals surface area contributed by atoms with E-state index in [-0.39, 0.29) is 17.9 Å². The molecule has 0 radical (unpaired) electrons. The first-order valence-electron chi connectivity index (χ1n) is 6.97. The topological polar surface area (TPSA) is 62.3 Å². The van der Waals surface area contributed by atoms with Crippen LogP contribution in [0.1, 0.15) is 32.9 Å². The fourth-order valence-corrected chi connectivity index (χ4v) is 3.01. The number of hydrogen-bond donors (Lipinski definition) is 1. The summed E-state index contributed by atoms with van der Waals surface area (Å²) in [6.07, 6.45) is 1.38. The Morgan fingerprint density at radius 2 is 2.20 bits per heavy atom. The van der Waals surface area contributed by atoms with Gasteiger partial charge < -0.3 is 10.2 Å². The van der Waals surface area contributed by atoms with E-state index in [0.29, 0.717) is 25.3 Å². The van der Waals surface area contributed by atoms with Gasteiger partial charge in [-0.05, 0) is 19.3 Å². The molecule has 1 aliphatic rings. The second-order valence-electron chi connectivity index (χ2n) is 5.63. The molecule has 1 aromatic rings. The normalized spacial score (nSPS) is 23.3. The summed E-state index contributed by atoms with van der Waals surface area (Å²) in [4.78, 5) is 30.4. The lowest BCUT2D eigenvalue weighted by Gasteiger charge is -2.37. The van der Waals surface area contributed by atoms with Crippen LogP contribution < -0.4 is 5.32 Å². The van der Waals surface area contributed by atoms with Crippen molar-refractivity contribution >= 4 is 23.2 Å². The Balaban J connectivity index is 2.03. The van der Waals surface area contributed by atoms with Gasteiger partial charge >= 0.3 is 0 Å². The number of carbonyl (C=O) groups is 2. The van der Waals surface area contributed by atoms with Crippen molar-refractivity contribution < 1.29 is 9.59 Å². The second-order valence-corrected chi connectivity index (χ2v) is 6.35. The maximum atomic E-state index is 12.5. The van der Waals surface area contributed by atoms with E-state index in [1.54, 1.807) is 28.7 Å².